The van der Waals surface area contributed by atoms with Gasteiger partial charge >= 0.3 is 0 Å². The van der Waals surface area contributed by atoms with Crippen LogP contribution in [0.2, 0.25) is 0 Å². The van der Waals surface area contributed by atoms with E-state index in [2.05, 4.69) is 24.0 Å². The third-order valence-electron chi connectivity index (χ3n) is 3.69. The molecule has 0 radical (unpaired) electrons. The first-order chi connectivity index (χ1) is 8.57. The van der Waals surface area contributed by atoms with Crippen LogP contribution >= 0.6 is 0 Å². The Balaban J connectivity index is 2.14. The molecule has 0 aromatic carbocycles. The van der Waals surface area contributed by atoms with E-state index >= 15 is 0 Å². The summed E-state index contributed by atoms with van der Waals surface area (Å²) >= 11 is 0. The Kier molecular flexibility index (Phi) is 4.02. The van der Waals surface area contributed by atoms with Crippen molar-refractivity contribution in [1.29, 1.82) is 0 Å². The van der Waals surface area contributed by atoms with Crippen LogP contribution in [0.15, 0.2) is 4.52 Å². The number of hydrogen-bond donors (Lipinski definition) is 1. The van der Waals surface area contributed by atoms with Gasteiger partial charge in [0.05, 0.1) is 6.04 Å². The third kappa shape index (κ3) is 2.57. The van der Waals surface area contributed by atoms with Gasteiger partial charge in [0.1, 0.15) is 5.60 Å². The van der Waals surface area contributed by atoms with E-state index in [-0.39, 0.29) is 11.6 Å². The van der Waals surface area contributed by atoms with E-state index in [0.717, 1.165) is 32.1 Å². The zero-order valence-corrected chi connectivity index (χ0v) is 11.5. The summed E-state index contributed by atoms with van der Waals surface area (Å²) in [6.07, 6.45) is 5.07. The third-order valence-corrected chi connectivity index (χ3v) is 3.69. The normalized spacial score (nSPS) is 20.5. The van der Waals surface area contributed by atoms with Crippen LogP contribution < -0.4 is 5.73 Å². The van der Waals surface area contributed by atoms with Crippen molar-refractivity contribution in [2.45, 2.75) is 57.6 Å². The molecule has 0 spiro atoms. The molecule has 1 atom stereocenters. The largest absolute Gasteiger partial charge is 0.370 e. The van der Waals surface area contributed by atoms with Crippen LogP contribution in [0.3, 0.4) is 0 Å². The molecule has 1 saturated carbocycles. The van der Waals surface area contributed by atoms with Gasteiger partial charge in [-0.05, 0) is 38.0 Å². The van der Waals surface area contributed by atoms with Crippen molar-refractivity contribution < 1.29 is 9.26 Å². The highest BCUT2D eigenvalue weighted by atomic mass is 16.5. The lowest BCUT2D eigenvalue weighted by Gasteiger charge is -2.22. The Morgan fingerprint density at radius 3 is 2.61 bits per heavy atom. The second kappa shape index (κ2) is 5.36. The molecule has 2 N–H and O–H groups in total. The smallest absolute Gasteiger partial charge is 0.243 e. The van der Waals surface area contributed by atoms with Gasteiger partial charge in [-0.1, -0.05) is 19.0 Å². The Morgan fingerprint density at radius 2 is 2.06 bits per heavy atom. The summed E-state index contributed by atoms with van der Waals surface area (Å²) in [6, 6.07) is -0.179. The quantitative estimate of drug-likeness (QED) is 0.872. The Morgan fingerprint density at radius 1 is 1.39 bits per heavy atom. The highest BCUT2D eigenvalue weighted by Gasteiger charge is 2.40. The first-order valence-corrected chi connectivity index (χ1v) is 6.72. The van der Waals surface area contributed by atoms with Gasteiger partial charge in [0, 0.05) is 7.11 Å². The summed E-state index contributed by atoms with van der Waals surface area (Å²) < 4.78 is 10.9. The molecule has 1 fully saturated rings. The van der Waals surface area contributed by atoms with E-state index in [0.29, 0.717) is 17.6 Å². The summed E-state index contributed by atoms with van der Waals surface area (Å²) in [5.74, 6) is 1.71. The monoisotopic (exact) mass is 253 g/mol. The number of nitrogens with two attached hydrogens (primary N) is 1. The lowest BCUT2D eigenvalue weighted by atomic mass is 10.0. The molecule has 0 bridgehead atoms. The summed E-state index contributed by atoms with van der Waals surface area (Å²) in [7, 11) is 1.72. The Hall–Kier alpha value is -0.940. The van der Waals surface area contributed by atoms with Crippen LogP contribution in [0.4, 0.5) is 0 Å². The SMILES string of the molecule is COC1(c2noc([C@H](N)CC(C)C)n2)CCCC1. The fourth-order valence-electron chi connectivity index (χ4n) is 2.64. The minimum absolute atomic E-state index is 0.179. The van der Waals surface area contributed by atoms with Crippen molar-refractivity contribution >= 4 is 0 Å². The van der Waals surface area contributed by atoms with Crippen molar-refractivity contribution in [3.8, 4) is 0 Å². The molecule has 0 aliphatic heterocycles. The second-order valence-electron chi connectivity index (χ2n) is 5.60. The van der Waals surface area contributed by atoms with E-state index in [9.17, 15) is 0 Å². The number of rotatable bonds is 5. The second-order valence-corrected chi connectivity index (χ2v) is 5.60. The molecular weight excluding hydrogens is 230 g/mol. The summed E-state index contributed by atoms with van der Waals surface area (Å²) in [6.45, 7) is 4.26. The standard InChI is InChI=1S/C13H23N3O2/c1-9(2)8-10(14)11-15-12(16-18-11)13(17-3)6-4-5-7-13/h9-10H,4-8,14H2,1-3H3/t10-/m1/s1. The zero-order chi connectivity index (χ0) is 13.2. The van der Waals surface area contributed by atoms with Gasteiger partial charge in [0.15, 0.2) is 0 Å². The van der Waals surface area contributed by atoms with Crippen molar-refractivity contribution in [3.63, 3.8) is 0 Å². The average molecular weight is 253 g/mol. The predicted octanol–water partition coefficient (Wildman–Crippen LogP) is 2.53. The van der Waals surface area contributed by atoms with Crippen LogP contribution in [0.1, 0.15) is 63.7 Å². The van der Waals surface area contributed by atoms with E-state index in [1.807, 2.05) is 0 Å². The maximum atomic E-state index is 6.06. The fourth-order valence-corrected chi connectivity index (χ4v) is 2.64. The van der Waals surface area contributed by atoms with Crippen molar-refractivity contribution in [2.24, 2.45) is 11.7 Å². The van der Waals surface area contributed by atoms with Crippen molar-refractivity contribution in [1.82, 2.24) is 10.1 Å². The minimum Gasteiger partial charge on any atom is -0.370 e. The predicted molar refractivity (Wildman–Crippen MR) is 67.8 cm³/mol. The van der Waals surface area contributed by atoms with Gasteiger partial charge in [-0.25, -0.2) is 0 Å². The molecule has 5 nitrogen and oxygen atoms in total. The van der Waals surface area contributed by atoms with Crippen LogP contribution in [-0.4, -0.2) is 17.3 Å². The number of methoxy groups -OCH3 is 1. The van der Waals surface area contributed by atoms with Crippen molar-refractivity contribution in [2.75, 3.05) is 7.11 Å². The molecule has 1 aromatic rings. The van der Waals surface area contributed by atoms with Gasteiger partial charge in [-0.3, -0.25) is 0 Å². The lowest BCUT2D eigenvalue weighted by Crippen LogP contribution is -2.26. The highest BCUT2D eigenvalue weighted by Crippen LogP contribution is 2.40. The van der Waals surface area contributed by atoms with Gasteiger partial charge in [0.2, 0.25) is 11.7 Å². The molecule has 5 heteroatoms. The number of ether oxygens (including phenoxy) is 1. The van der Waals surface area contributed by atoms with E-state index in [1.165, 1.54) is 0 Å². The van der Waals surface area contributed by atoms with Crippen LogP contribution in [-0.2, 0) is 10.3 Å². The molecule has 1 aliphatic rings. The topological polar surface area (TPSA) is 74.2 Å². The minimum atomic E-state index is -0.348. The molecule has 2 rings (SSSR count). The maximum Gasteiger partial charge on any atom is 0.243 e. The summed E-state index contributed by atoms with van der Waals surface area (Å²) in [4.78, 5) is 4.46. The number of aromatic nitrogens is 2. The molecule has 0 saturated heterocycles. The van der Waals surface area contributed by atoms with Crippen molar-refractivity contribution in [3.05, 3.63) is 11.7 Å². The molecule has 0 amide bonds. The molecule has 1 aliphatic carbocycles. The molecule has 1 aromatic heterocycles. The highest BCUT2D eigenvalue weighted by molar-refractivity contribution is 5.05. The van der Waals surface area contributed by atoms with Crippen LogP contribution in [0.25, 0.3) is 0 Å². The molecule has 18 heavy (non-hydrogen) atoms. The van der Waals surface area contributed by atoms with E-state index in [4.69, 9.17) is 15.0 Å². The molecule has 0 unspecified atom stereocenters. The molecule has 102 valence electrons. The first kappa shape index (κ1) is 13.5. The first-order valence-electron chi connectivity index (χ1n) is 6.72. The zero-order valence-electron chi connectivity index (χ0n) is 11.5. The lowest BCUT2D eigenvalue weighted by molar-refractivity contribution is -0.0178. The summed E-state index contributed by atoms with van der Waals surface area (Å²) in [5.41, 5.74) is 5.71. The summed E-state index contributed by atoms with van der Waals surface area (Å²) in [5, 5.41) is 4.08. The number of nitrogens with zero attached hydrogens (tertiary/aromatic N) is 2. The Labute approximate surface area is 108 Å². The van der Waals surface area contributed by atoms with E-state index in [1.54, 1.807) is 7.11 Å². The maximum absolute atomic E-state index is 6.06. The fraction of sp³-hybridized carbons (Fsp3) is 0.846. The molecular formula is C13H23N3O2. The van der Waals surface area contributed by atoms with E-state index < -0.39 is 0 Å². The van der Waals surface area contributed by atoms with Gasteiger partial charge in [-0.15, -0.1) is 0 Å². The van der Waals surface area contributed by atoms with Gasteiger partial charge in [-0.2, -0.15) is 4.98 Å². The van der Waals surface area contributed by atoms with Gasteiger partial charge in [0.25, 0.3) is 0 Å². The Bertz CT molecular complexity index is 383. The number of hydrogen-bond acceptors (Lipinski definition) is 5. The average Bonchev–Trinajstić information content (AvgIpc) is 2.98. The van der Waals surface area contributed by atoms with Crippen LogP contribution in [0, 0.1) is 5.92 Å². The molecule has 1 heterocycles. The van der Waals surface area contributed by atoms with Gasteiger partial charge < -0.3 is 15.0 Å². The van der Waals surface area contributed by atoms with Crippen LogP contribution in [0.5, 0.6) is 0 Å².